The molecule has 0 bridgehead atoms. The van der Waals surface area contributed by atoms with Gasteiger partial charge in [0.25, 0.3) is 6.47 Å². The van der Waals surface area contributed by atoms with Gasteiger partial charge in [0.2, 0.25) is 0 Å². The molecule has 3 atom stereocenters. The molecule has 6 aromatic carbocycles. The summed E-state index contributed by atoms with van der Waals surface area (Å²) in [5, 5.41) is 21.1. The second kappa shape index (κ2) is 40.2. The Labute approximate surface area is 603 Å². The van der Waals surface area contributed by atoms with Gasteiger partial charge in [0.05, 0.1) is 64.0 Å². The van der Waals surface area contributed by atoms with Gasteiger partial charge in [-0.25, -0.2) is 44.3 Å². The molecule has 22 heteroatoms. The first kappa shape index (κ1) is 75.7. The summed E-state index contributed by atoms with van der Waals surface area (Å²) in [5.74, 6) is -0.257. The van der Waals surface area contributed by atoms with Crippen LogP contribution in [0.2, 0.25) is 0 Å². The van der Waals surface area contributed by atoms with E-state index >= 15 is 0 Å². The van der Waals surface area contributed by atoms with Crippen molar-refractivity contribution in [1.29, 1.82) is 0 Å². The van der Waals surface area contributed by atoms with E-state index in [1.165, 1.54) is 27.1 Å². The Balaban J connectivity index is 0.000000399. The van der Waals surface area contributed by atoms with Crippen molar-refractivity contribution in [3.8, 4) is 33.8 Å². The molecule has 1 aliphatic rings. The Morgan fingerprint density at radius 1 is 0.632 bits per heavy atom. The van der Waals surface area contributed by atoms with Crippen molar-refractivity contribution in [1.82, 2.24) is 29.9 Å². The molecule has 19 nitrogen and oxygen atoms in total. The number of halogens is 1. The summed E-state index contributed by atoms with van der Waals surface area (Å²) in [5.41, 5.74) is 15.8. The number of anilines is 2. The number of methoxy groups -OCH3 is 2. The van der Waals surface area contributed by atoms with Crippen LogP contribution < -0.4 is 124 Å². The zero-order valence-electron chi connectivity index (χ0n) is 52.3. The molecule has 448 valence electrons. The molecule has 4 N–H and O–H groups in total. The number of hydrogen-bond acceptors (Lipinski definition) is 18. The van der Waals surface area contributed by atoms with Gasteiger partial charge in [0.15, 0.2) is 11.6 Å². The van der Waals surface area contributed by atoms with Crippen LogP contribution in [-0.4, -0.2) is 112 Å². The van der Waals surface area contributed by atoms with E-state index in [0.29, 0.717) is 43.8 Å². The summed E-state index contributed by atoms with van der Waals surface area (Å²) in [4.78, 5) is 76.1. The zero-order valence-corrected chi connectivity index (χ0v) is 59.2. The molecule has 0 radical (unpaired) electrons. The van der Waals surface area contributed by atoms with Crippen LogP contribution in [0.15, 0.2) is 150 Å². The predicted octanol–water partition coefficient (Wildman–Crippen LogP) is 6.47. The Morgan fingerprint density at radius 2 is 1.03 bits per heavy atom. The number of aromatic nitrogens is 6. The molecular formula is C65H74BrK2N9O10. The van der Waals surface area contributed by atoms with Crippen LogP contribution in [0.4, 0.5) is 11.6 Å². The summed E-state index contributed by atoms with van der Waals surface area (Å²) in [6.45, 7) is 14.4. The Hall–Kier alpha value is -5.55. The molecule has 9 aromatic rings. The zero-order chi connectivity index (χ0) is 61.8. The number of ether oxygens (including phenoxy) is 3. The monoisotopic (exact) mass is 1300 g/mol. The van der Waals surface area contributed by atoms with Crippen LogP contribution in [0.5, 0.6) is 0 Å². The number of carboxylic acids is 1. The third kappa shape index (κ3) is 23.4. The van der Waals surface area contributed by atoms with E-state index in [4.69, 9.17) is 49.9 Å². The van der Waals surface area contributed by atoms with Crippen LogP contribution in [-0.2, 0) is 23.9 Å². The minimum Gasteiger partial charge on any atom is -1.00 e. The maximum absolute atomic E-state index is 11.8. The molecule has 1 aliphatic heterocycles. The fraction of sp³-hybridized carbons (Fsp3) is 0.292. The van der Waals surface area contributed by atoms with Gasteiger partial charge < -0.3 is 46.8 Å². The number of nitrogens with zero attached hydrogens (tertiary/aromatic N) is 7. The molecule has 3 aromatic heterocycles. The molecule has 1 saturated heterocycles. The molecule has 0 amide bonds. The van der Waals surface area contributed by atoms with Gasteiger partial charge in [-0.2, -0.15) is 0 Å². The van der Waals surface area contributed by atoms with Crippen molar-refractivity contribution in [2.75, 3.05) is 44.7 Å². The van der Waals surface area contributed by atoms with Crippen LogP contribution in [0, 0.1) is 0 Å². The molecule has 0 saturated carbocycles. The van der Waals surface area contributed by atoms with Crippen molar-refractivity contribution in [3.05, 3.63) is 167 Å². The van der Waals surface area contributed by atoms with Crippen LogP contribution in [0.25, 0.3) is 66.9 Å². The van der Waals surface area contributed by atoms with Crippen molar-refractivity contribution in [3.63, 3.8) is 0 Å². The van der Waals surface area contributed by atoms with Gasteiger partial charge in [0.1, 0.15) is 21.7 Å². The van der Waals surface area contributed by atoms with Crippen molar-refractivity contribution in [2.45, 2.75) is 91.8 Å². The molecule has 0 spiro atoms. The van der Waals surface area contributed by atoms with E-state index in [2.05, 4.69) is 75.6 Å². The van der Waals surface area contributed by atoms with Crippen molar-refractivity contribution >= 4 is 85.0 Å². The quantitative estimate of drug-likeness (QED) is 0.0346. The first-order valence-corrected chi connectivity index (χ1v) is 28.5. The van der Waals surface area contributed by atoms with Crippen molar-refractivity contribution in [2.24, 2.45) is 5.73 Å². The Bertz CT molecular complexity index is 3600. The minimum atomic E-state index is -0.965. The van der Waals surface area contributed by atoms with E-state index in [-0.39, 0.29) is 140 Å². The molecule has 87 heavy (non-hydrogen) atoms. The smallest absolute Gasteiger partial charge is 1.00 e. The van der Waals surface area contributed by atoms with E-state index in [1.807, 2.05) is 105 Å². The normalized spacial score (nSPS) is 12.0. The van der Waals surface area contributed by atoms with Gasteiger partial charge in [-0.1, -0.05) is 112 Å². The van der Waals surface area contributed by atoms with E-state index < -0.39 is 5.97 Å². The molecule has 4 heterocycles. The number of nitrogens with one attached hydrogen (secondary N) is 1. The van der Waals surface area contributed by atoms with Gasteiger partial charge in [-0.05, 0) is 123 Å². The average molecular weight is 1300 g/mol. The summed E-state index contributed by atoms with van der Waals surface area (Å²) in [6, 6.07) is 45.8. The Morgan fingerprint density at radius 3 is 1.44 bits per heavy atom. The number of carbonyl (C=O) groups is 4. The first-order chi connectivity index (χ1) is 41.0. The van der Waals surface area contributed by atoms with Crippen LogP contribution in [0.3, 0.4) is 0 Å². The fourth-order valence-electron chi connectivity index (χ4n) is 7.80. The second-order valence-electron chi connectivity index (χ2n) is 19.4. The first-order valence-electron chi connectivity index (χ1n) is 27.7. The summed E-state index contributed by atoms with van der Waals surface area (Å²) in [7, 11) is 4.72. The fourth-order valence-corrected chi connectivity index (χ4v) is 8.31. The largest absolute Gasteiger partial charge is 1.00 e. The minimum absolute atomic E-state index is 0. The third-order valence-electron chi connectivity index (χ3n) is 13.3. The van der Waals surface area contributed by atoms with E-state index in [9.17, 15) is 19.5 Å². The van der Waals surface area contributed by atoms with Crippen LogP contribution >= 0.6 is 15.9 Å². The molecular weight excluding hydrogens is 1220 g/mol. The third-order valence-corrected chi connectivity index (χ3v) is 13.8. The molecule has 0 aliphatic carbocycles. The molecule has 3 unspecified atom stereocenters. The summed E-state index contributed by atoms with van der Waals surface area (Å²) in [6.07, 6.45) is 5.58. The number of aromatic carboxylic acids is 1. The SMILES string of the molecule is C1CCOC1.CCC(C)N.CCC(C)N(C)c1nc2cc(C(=O)O)ccc2nc1-c1ccccc1.CCC(C)Nc1nc2cc(C(=O)OC)ccc2nc1-c1ccccc1.COC(=O)c1ccc2nc(-c3ccccc3)c(Br)nc2c1.O=CO[O-].[H-].[K+].[K+]. The summed E-state index contributed by atoms with van der Waals surface area (Å²) < 4.78 is 15.1. The number of rotatable bonds is 14. The number of carbonyl (C=O) groups excluding carboxylic acids is 3. The van der Waals surface area contributed by atoms with Gasteiger partial charge in [0, 0.05) is 55.1 Å². The molecule has 1 fully saturated rings. The van der Waals surface area contributed by atoms with Gasteiger partial charge in [-0.3, -0.25) is 4.79 Å². The van der Waals surface area contributed by atoms with Crippen molar-refractivity contribution < 1.29 is 153 Å². The topological polar surface area (TPSA) is 267 Å². The number of carboxylic acid groups (broad SMARTS) is 1. The number of nitrogens with two attached hydrogens (primary N) is 1. The molecule has 10 rings (SSSR count). The van der Waals surface area contributed by atoms with Crippen LogP contribution in [0.1, 0.15) is 106 Å². The van der Waals surface area contributed by atoms with E-state index in [1.54, 1.807) is 54.6 Å². The number of esters is 2. The number of hydrogen-bond donors (Lipinski definition) is 3. The average Bonchev–Trinajstić information content (AvgIpc) is 1.19. The standard InChI is InChI=1S/2C20H21N3O2.C16H11BrN2O2.C4H11N.C4H8O.CH2O3.2K.H/c1-4-13(2)23(3)19-18(14-8-6-5-7-9-14)21-16-11-10-15(20(24)25)12-17(16)22-19;1-4-13(2)21-19-18(14-8-6-5-7-9-14)22-16-11-10-15(20(24)25-3)12-17(16)23-19;1-21-16(20)11-7-8-12-13(9-11)19-15(17)14(18-12)10-5-3-2-4-6-10;1-3-4(2)5;1-2-4-5-3-1;2-1-4-3;;;/h5-13H,4H2,1-3H3,(H,24,25);5-13H,4H2,1-3H3,(H,21,23);2-9H,1H3;4H,3,5H2,1-2H3;1-4H2;1,3H;;;/q;;;;;;2*+1;-1/p-1. The number of fused-ring (bicyclic) bond motifs is 3. The number of benzene rings is 6. The summed E-state index contributed by atoms with van der Waals surface area (Å²) >= 11 is 3.44. The maximum Gasteiger partial charge on any atom is 1.00 e. The predicted molar refractivity (Wildman–Crippen MR) is 336 cm³/mol. The van der Waals surface area contributed by atoms with E-state index in [0.717, 1.165) is 88.9 Å². The Kier molecular flexibility index (Phi) is 34.9. The maximum atomic E-state index is 11.8. The van der Waals surface area contributed by atoms with Gasteiger partial charge >= 0.3 is 121 Å². The van der Waals surface area contributed by atoms with Gasteiger partial charge in [-0.15, -0.1) is 0 Å². The second-order valence-corrected chi connectivity index (χ2v) is 20.1.